The molecule has 1 amide bonds. The molecule has 0 aromatic heterocycles. The van der Waals surface area contributed by atoms with Gasteiger partial charge in [0.05, 0.1) is 6.10 Å². The number of likely N-dealkylation sites (tertiary alicyclic amines) is 1. The van der Waals surface area contributed by atoms with Crippen LogP contribution in [0.25, 0.3) is 0 Å². The Bertz CT molecular complexity index is 230. The molecule has 5 heteroatoms. The number of β-amino-alcohol motifs (C(OH)–C–C–N with tert-alkyl or cyclic N) is 1. The van der Waals surface area contributed by atoms with Crippen LogP contribution in [0.5, 0.6) is 0 Å². The average molecular weight is 257 g/mol. The number of carbonyl (C=O) groups excluding carboxylic acids is 1. The second-order valence-corrected chi connectivity index (χ2v) is 4.97. The largest absolute Gasteiger partial charge is 0.390 e. The second-order valence-electron chi connectivity index (χ2n) is 4.97. The first-order valence-corrected chi connectivity index (χ1v) is 7.10. The van der Waals surface area contributed by atoms with Crippen molar-refractivity contribution in [3.05, 3.63) is 0 Å². The molecule has 0 radical (unpaired) electrons. The summed E-state index contributed by atoms with van der Waals surface area (Å²) in [5, 5.41) is 15.8. The van der Waals surface area contributed by atoms with E-state index in [4.69, 9.17) is 0 Å². The first-order valence-electron chi connectivity index (χ1n) is 7.10. The molecule has 106 valence electrons. The summed E-state index contributed by atoms with van der Waals surface area (Å²) in [4.78, 5) is 13.6. The summed E-state index contributed by atoms with van der Waals surface area (Å²) in [6.45, 7) is 6.94. The molecule has 1 fully saturated rings. The van der Waals surface area contributed by atoms with E-state index in [9.17, 15) is 9.90 Å². The lowest BCUT2D eigenvalue weighted by Crippen LogP contribution is -2.38. The molecule has 1 unspecified atom stereocenters. The Morgan fingerprint density at radius 2 is 2.06 bits per heavy atom. The summed E-state index contributed by atoms with van der Waals surface area (Å²) in [6, 6.07) is 0. The molecule has 5 nitrogen and oxygen atoms in total. The van der Waals surface area contributed by atoms with Gasteiger partial charge in [-0.25, -0.2) is 0 Å². The highest BCUT2D eigenvalue weighted by Gasteiger charge is 2.15. The van der Waals surface area contributed by atoms with Crippen LogP contribution in [0, 0.1) is 0 Å². The van der Waals surface area contributed by atoms with Crippen LogP contribution in [-0.2, 0) is 4.79 Å². The molecule has 0 saturated carbocycles. The third-order valence-electron chi connectivity index (χ3n) is 3.15. The third-order valence-corrected chi connectivity index (χ3v) is 3.15. The molecule has 0 aliphatic carbocycles. The van der Waals surface area contributed by atoms with Crippen molar-refractivity contribution in [2.45, 2.75) is 38.7 Å². The van der Waals surface area contributed by atoms with E-state index in [2.05, 4.69) is 15.5 Å². The highest BCUT2D eigenvalue weighted by molar-refractivity contribution is 5.75. The van der Waals surface area contributed by atoms with Gasteiger partial charge in [0.2, 0.25) is 5.91 Å². The van der Waals surface area contributed by atoms with Gasteiger partial charge in [-0.1, -0.05) is 6.92 Å². The lowest BCUT2D eigenvalue weighted by atomic mass is 10.3. The van der Waals surface area contributed by atoms with Gasteiger partial charge in [0.1, 0.15) is 0 Å². The Balaban J connectivity index is 1.94. The normalized spacial score (nSPS) is 17.9. The number of nitrogens with zero attached hydrogens (tertiary/aromatic N) is 1. The topological polar surface area (TPSA) is 64.6 Å². The number of carbonyl (C=O) groups is 1. The summed E-state index contributed by atoms with van der Waals surface area (Å²) in [5.41, 5.74) is 0. The van der Waals surface area contributed by atoms with Gasteiger partial charge in [0.15, 0.2) is 0 Å². The van der Waals surface area contributed by atoms with E-state index in [-0.39, 0.29) is 12.0 Å². The predicted octanol–water partition coefficient (Wildman–Crippen LogP) is -0.0510. The highest BCUT2D eigenvalue weighted by atomic mass is 16.3. The summed E-state index contributed by atoms with van der Waals surface area (Å²) in [6.07, 6.45) is 3.61. The van der Waals surface area contributed by atoms with Gasteiger partial charge < -0.3 is 20.6 Å². The molecule has 3 N–H and O–H groups in total. The maximum Gasteiger partial charge on any atom is 0.221 e. The molecule has 1 atom stereocenters. The minimum atomic E-state index is -0.332. The standard InChI is InChI=1S/C13H27N3O2/c1-2-6-15-13(18)5-7-14-10-12(17)11-16-8-3-4-9-16/h12,14,17H,2-11H2,1H3,(H,15,18). The molecule has 18 heavy (non-hydrogen) atoms. The molecular formula is C13H27N3O2. The number of hydrogen-bond acceptors (Lipinski definition) is 4. The molecule has 0 bridgehead atoms. The zero-order valence-electron chi connectivity index (χ0n) is 11.5. The zero-order valence-corrected chi connectivity index (χ0v) is 11.5. The second kappa shape index (κ2) is 9.30. The van der Waals surface area contributed by atoms with Gasteiger partial charge in [-0.3, -0.25) is 4.79 Å². The Labute approximate surface area is 110 Å². The van der Waals surface area contributed by atoms with Crippen molar-refractivity contribution in [3.8, 4) is 0 Å². The fourth-order valence-electron chi connectivity index (χ4n) is 2.15. The smallest absolute Gasteiger partial charge is 0.221 e. The molecule has 1 aliphatic heterocycles. The van der Waals surface area contributed by atoms with Crippen molar-refractivity contribution in [3.63, 3.8) is 0 Å². The first kappa shape index (κ1) is 15.4. The lowest BCUT2D eigenvalue weighted by molar-refractivity contribution is -0.121. The third kappa shape index (κ3) is 6.93. The summed E-state index contributed by atoms with van der Waals surface area (Å²) < 4.78 is 0. The van der Waals surface area contributed by atoms with E-state index in [0.29, 0.717) is 19.5 Å². The predicted molar refractivity (Wildman–Crippen MR) is 72.5 cm³/mol. The molecule has 0 aromatic carbocycles. The number of hydrogen-bond donors (Lipinski definition) is 3. The fraction of sp³-hybridized carbons (Fsp3) is 0.923. The number of aliphatic hydroxyl groups excluding tert-OH is 1. The van der Waals surface area contributed by atoms with Crippen molar-refractivity contribution in [2.24, 2.45) is 0 Å². The average Bonchev–Trinajstić information content (AvgIpc) is 2.85. The van der Waals surface area contributed by atoms with Gasteiger partial charge in [-0.15, -0.1) is 0 Å². The van der Waals surface area contributed by atoms with E-state index in [1.165, 1.54) is 12.8 Å². The Kier molecular flexibility index (Phi) is 7.96. The molecule has 0 spiro atoms. The highest BCUT2D eigenvalue weighted by Crippen LogP contribution is 2.07. The molecule has 1 aliphatic rings. The van der Waals surface area contributed by atoms with Gasteiger partial charge in [-0.2, -0.15) is 0 Å². The van der Waals surface area contributed by atoms with Crippen molar-refractivity contribution in [1.82, 2.24) is 15.5 Å². The number of amides is 1. The van der Waals surface area contributed by atoms with Gasteiger partial charge in [0, 0.05) is 32.6 Å². The summed E-state index contributed by atoms with van der Waals surface area (Å²) >= 11 is 0. The number of nitrogens with one attached hydrogen (secondary N) is 2. The lowest BCUT2D eigenvalue weighted by Gasteiger charge is -2.19. The Hall–Kier alpha value is -0.650. The fourth-order valence-corrected chi connectivity index (χ4v) is 2.15. The van der Waals surface area contributed by atoms with Crippen LogP contribution in [0.1, 0.15) is 32.6 Å². The number of aliphatic hydroxyl groups is 1. The van der Waals surface area contributed by atoms with Crippen LogP contribution in [0.15, 0.2) is 0 Å². The van der Waals surface area contributed by atoms with E-state index in [0.717, 1.165) is 32.6 Å². The minimum Gasteiger partial charge on any atom is -0.390 e. The molecule has 0 aromatic rings. The maximum atomic E-state index is 11.3. The SMILES string of the molecule is CCCNC(=O)CCNCC(O)CN1CCCC1. The van der Waals surface area contributed by atoms with Crippen molar-refractivity contribution < 1.29 is 9.90 Å². The van der Waals surface area contributed by atoms with E-state index in [1.54, 1.807) is 0 Å². The quantitative estimate of drug-likeness (QED) is 0.507. The molecular weight excluding hydrogens is 230 g/mol. The molecule has 1 rings (SSSR count). The maximum absolute atomic E-state index is 11.3. The number of rotatable bonds is 9. The molecule has 1 saturated heterocycles. The van der Waals surface area contributed by atoms with Crippen LogP contribution in [0.3, 0.4) is 0 Å². The van der Waals surface area contributed by atoms with Crippen molar-refractivity contribution >= 4 is 5.91 Å². The summed E-state index contributed by atoms with van der Waals surface area (Å²) in [7, 11) is 0. The zero-order chi connectivity index (χ0) is 13.2. The minimum absolute atomic E-state index is 0.0818. The van der Waals surface area contributed by atoms with Crippen LogP contribution in [0.2, 0.25) is 0 Å². The molecule has 1 heterocycles. The van der Waals surface area contributed by atoms with Gasteiger partial charge in [-0.05, 0) is 32.4 Å². The Morgan fingerprint density at radius 3 is 2.72 bits per heavy atom. The van der Waals surface area contributed by atoms with Crippen LogP contribution in [0.4, 0.5) is 0 Å². The first-order chi connectivity index (χ1) is 8.72. The Morgan fingerprint density at radius 1 is 1.33 bits per heavy atom. The van der Waals surface area contributed by atoms with E-state index >= 15 is 0 Å². The van der Waals surface area contributed by atoms with Crippen LogP contribution >= 0.6 is 0 Å². The van der Waals surface area contributed by atoms with Gasteiger partial charge >= 0.3 is 0 Å². The summed E-state index contributed by atoms with van der Waals surface area (Å²) in [5.74, 6) is 0.0818. The van der Waals surface area contributed by atoms with Crippen LogP contribution in [-0.4, -0.2) is 61.3 Å². The van der Waals surface area contributed by atoms with E-state index in [1.807, 2.05) is 6.92 Å². The van der Waals surface area contributed by atoms with Crippen molar-refractivity contribution in [1.29, 1.82) is 0 Å². The van der Waals surface area contributed by atoms with Crippen molar-refractivity contribution in [2.75, 3.05) is 39.3 Å². The van der Waals surface area contributed by atoms with Gasteiger partial charge in [0.25, 0.3) is 0 Å². The monoisotopic (exact) mass is 257 g/mol. The van der Waals surface area contributed by atoms with E-state index < -0.39 is 0 Å². The van der Waals surface area contributed by atoms with Crippen LogP contribution < -0.4 is 10.6 Å².